The van der Waals surface area contributed by atoms with Crippen molar-refractivity contribution in [3.05, 3.63) is 114 Å². The van der Waals surface area contributed by atoms with Crippen LogP contribution in [0.1, 0.15) is 84.9 Å². The number of benzene rings is 2. The summed E-state index contributed by atoms with van der Waals surface area (Å²) in [5, 5.41) is 0. The van der Waals surface area contributed by atoms with Crippen LogP contribution in [0.25, 0.3) is 12.2 Å². The topological polar surface area (TPSA) is 0 Å². The molecule has 4 aliphatic rings. The third kappa shape index (κ3) is 17.6. The first-order valence-corrected chi connectivity index (χ1v) is 20.9. The van der Waals surface area contributed by atoms with Crippen LogP contribution in [0.5, 0.6) is 0 Å². The quantitative estimate of drug-likeness (QED) is 0.121. The van der Waals surface area contributed by atoms with E-state index >= 15 is 0 Å². The zero-order valence-corrected chi connectivity index (χ0v) is 41.2. The maximum Gasteiger partial charge on any atom is 4.00 e. The van der Waals surface area contributed by atoms with E-state index in [4.69, 9.17) is 12.8 Å². The number of rotatable bonds is 5. The van der Waals surface area contributed by atoms with Gasteiger partial charge in [0.15, 0.2) is 0 Å². The molecular formula is C61H75BZr. The Labute approximate surface area is 415 Å². The van der Waals surface area contributed by atoms with Crippen molar-refractivity contribution in [2.24, 2.45) is 47.3 Å². The maximum atomic E-state index is 5.10. The molecular weight excluding hydrogens is 835 g/mol. The minimum Gasteiger partial charge on any atom is -0.358 e. The normalized spacial score (nSPS) is 24.7. The molecule has 326 valence electrons. The zero-order valence-electron chi connectivity index (χ0n) is 38.7. The minimum atomic E-state index is 0. The van der Waals surface area contributed by atoms with Crippen molar-refractivity contribution in [2.75, 3.05) is 0 Å². The van der Waals surface area contributed by atoms with Crippen molar-refractivity contribution in [3.63, 3.8) is 0 Å². The molecule has 4 saturated carbocycles. The van der Waals surface area contributed by atoms with Gasteiger partial charge < -0.3 is 29.7 Å². The number of terminal acetylenes is 2. The Kier molecular flexibility index (Phi) is 29.4. The van der Waals surface area contributed by atoms with Crippen LogP contribution in [0.3, 0.4) is 0 Å². The van der Waals surface area contributed by atoms with Gasteiger partial charge in [-0.05, 0) is 167 Å². The molecule has 4 fully saturated rings. The molecule has 0 aliphatic heterocycles. The fourth-order valence-electron chi connectivity index (χ4n) is 10.8. The fourth-order valence-corrected chi connectivity index (χ4v) is 10.8. The number of fused-ring (bicyclic) bond motifs is 2. The molecule has 0 amide bonds. The number of hydrogen-bond donors (Lipinski definition) is 0. The van der Waals surface area contributed by atoms with E-state index in [1.807, 2.05) is 36.4 Å². The van der Waals surface area contributed by atoms with Crippen molar-refractivity contribution in [1.29, 1.82) is 0 Å². The molecule has 10 atom stereocenters. The molecule has 0 heterocycles. The smallest absolute Gasteiger partial charge is 0.358 e. The molecule has 0 nitrogen and oxygen atoms in total. The van der Waals surface area contributed by atoms with Crippen molar-refractivity contribution in [3.8, 4) is 119 Å². The molecule has 0 bridgehead atoms. The molecule has 0 N–H and O–H groups in total. The fraction of sp³-hybridized carbons (Fsp3) is 0.344. The van der Waals surface area contributed by atoms with Crippen LogP contribution >= 0.6 is 0 Å². The molecule has 63 heavy (non-hydrogen) atoms. The summed E-state index contributed by atoms with van der Waals surface area (Å²) in [5.41, 5.74) is 2.44. The standard InChI is InChI=1S/C41H37B.C16H14.4CH3.Zr.6H2/c1-6-8-10-12-14-16-18-20-24-34-26-22-28-36-38(34)30-32(3)40(36)42(5)41-33(4)31-39-35(27-23-29-37(39)41)25-21-19-17-15-13-11-9-7-2;1-3-9-15(10-4-1)13-7-8-14-16-11-5-2-6-12-16;;;;;;;;;;;/h1-2,32-41H,22-23,26-31H2,3-5H3;1-14H;4*1H3;;6*1H/q;;4*-1;+4;;;;;;/b;13-7+,14-8+;;;;;;;;;;;. The molecule has 0 radical (unpaired) electrons. The Morgan fingerprint density at radius 3 is 1.17 bits per heavy atom. The second-order valence-corrected chi connectivity index (χ2v) is 16.0. The molecule has 10 unspecified atom stereocenters. The predicted molar refractivity (Wildman–Crippen MR) is 284 cm³/mol. The summed E-state index contributed by atoms with van der Waals surface area (Å²) in [6.07, 6.45) is 28.8. The van der Waals surface area contributed by atoms with E-state index in [0.29, 0.717) is 23.7 Å². The van der Waals surface area contributed by atoms with E-state index in [9.17, 15) is 0 Å². The average molecular weight is 910 g/mol. The van der Waals surface area contributed by atoms with Gasteiger partial charge in [-0.2, -0.15) is 0 Å². The first kappa shape index (κ1) is 57.5. The molecule has 2 aromatic carbocycles. The molecule has 2 heteroatoms. The Bertz CT molecular complexity index is 2240. The summed E-state index contributed by atoms with van der Waals surface area (Å²) in [7, 11) is 0. The average Bonchev–Trinajstić information content (AvgIpc) is 3.78. The third-order valence-electron chi connectivity index (χ3n) is 12.7. The SMILES string of the molecule is C#CC#CC#CC#CC#CC1CCCC2C1CC(C)C2B(C)C1C(C)CC2C(C#CC#CC#CC#CC#C)CCCC21.C(/C=C/c1ccccc1)=C\c1ccccc1.[CH3-].[CH3-].[CH3-].[CH3-].[HH].[HH].[HH].[HH].[HH].[HH].[Zr+4]. The van der Waals surface area contributed by atoms with Crippen LogP contribution in [0.2, 0.25) is 18.5 Å². The van der Waals surface area contributed by atoms with E-state index in [0.717, 1.165) is 42.0 Å². The van der Waals surface area contributed by atoms with Crippen LogP contribution < -0.4 is 0 Å². The summed E-state index contributed by atoms with van der Waals surface area (Å²) in [4.78, 5) is 0. The van der Waals surface area contributed by atoms with Gasteiger partial charge >= 0.3 is 26.2 Å². The molecule has 0 aromatic heterocycles. The van der Waals surface area contributed by atoms with Gasteiger partial charge in [-0.1, -0.05) is 155 Å². The zero-order chi connectivity index (χ0) is 40.8. The van der Waals surface area contributed by atoms with Crippen LogP contribution in [0.15, 0.2) is 72.8 Å². The number of allylic oxidation sites excluding steroid dienone is 2. The maximum absolute atomic E-state index is 5.10. The molecule has 2 aromatic rings. The van der Waals surface area contributed by atoms with Gasteiger partial charge in [0.05, 0.1) is 0 Å². The van der Waals surface area contributed by atoms with Gasteiger partial charge in [0.2, 0.25) is 0 Å². The van der Waals surface area contributed by atoms with E-state index < -0.39 is 0 Å². The summed E-state index contributed by atoms with van der Waals surface area (Å²) < 4.78 is 0. The second-order valence-electron chi connectivity index (χ2n) is 16.0. The first-order chi connectivity index (χ1) is 28.5. The Balaban J connectivity index is -0.000000246. The van der Waals surface area contributed by atoms with Crippen LogP contribution in [-0.4, -0.2) is 6.71 Å². The summed E-state index contributed by atoms with van der Waals surface area (Å²) in [5.74, 6) is 56.9. The summed E-state index contributed by atoms with van der Waals surface area (Å²) in [6, 6.07) is 20.6. The monoisotopic (exact) mass is 909 g/mol. The van der Waals surface area contributed by atoms with Crippen LogP contribution in [-0.2, 0) is 26.2 Å². The van der Waals surface area contributed by atoms with E-state index in [-0.39, 0.29) is 64.5 Å². The third-order valence-corrected chi connectivity index (χ3v) is 12.7. The van der Waals surface area contributed by atoms with Gasteiger partial charge in [-0.25, -0.2) is 0 Å². The predicted octanol–water partition coefficient (Wildman–Crippen LogP) is 14.0. The van der Waals surface area contributed by atoms with E-state index in [2.05, 4.69) is 176 Å². The van der Waals surface area contributed by atoms with E-state index in [1.165, 1.54) is 62.5 Å². The van der Waals surface area contributed by atoms with Crippen LogP contribution in [0, 0.1) is 196 Å². The summed E-state index contributed by atoms with van der Waals surface area (Å²) >= 11 is 0. The van der Waals surface area contributed by atoms with Gasteiger partial charge in [0, 0.05) is 20.4 Å². The molecule has 6 rings (SSSR count). The Morgan fingerprint density at radius 1 is 0.492 bits per heavy atom. The Hall–Kier alpha value is -5.53. The van der Waals surface area contributed by atoms with E-state index in [1.54, 1.807) is 0 Å². The number of hydrogen-bond acceptors (Lipinski definition) is 0. The molecule has 4 aliphatic carbocycles. The molecule has 0 spiro atoms. The van der Waals surface area contributed by atoms with Crippen molar-refractivity contribution < 1.29 is 34.8 Å². The second kappa shape index (κ2) is 32.2. The van der Waals surface area contributed by atoms with Crippen molar-refractivity contribution in [1.82, 2.24) is 0 Å². The van der Waals surface area contributed by atoms with Crippen molar-refractivity contribution in [2.45, 2.75) is 83.7 Å². The largest absolute Gasteiger partial charge is 4.00 e. The first-order valence-electron chi connectivity index (χ1n) is 20.9. The molecule has 0 saturated heterocycles. The van der Waals surface area contributed by atoms with Crippen LogP contribution in [0.4, 0.5) is 0 Å². The minimum absolute atomic E-state index is 0. The van der Waals surface area contributed by atoms with Gasteiger partial charge in [0.25, 0.3) is 0 Å². The Morgan fingerprint density at radius 2 is 0.825 bits per heavy atom. The van der Waals surface area contributed by atoms with Gasteiger partial charge in [-0.3, -0.25) is 0 Å². The van der Waals surface area contributed by atoms with Gasteiger partial charge in [-0.15, -0.1) is 12.8 Å². The summed E-state index contributed by atoms with van der Waals surface area (Å²) in [6.45, 7) is 8.36. The van der Waals surface area contributed by atoms with Gasteiger partial charge in [0.1, 0.15) is 6.71 Å². The van der Waals surface area contributed by atoms with Crippen molar-refractivity contribution >= 4 is 18.9 Å².